The molecular weight excluding hydrogens is 184 g/mol. The van der Waals surface area contributed by atoms with E-state index in [9.17, 15) is 4.79 Å². The van der Waals surface area contributed by atoms with Gasteiger partial charge in [-0.3, -0.25) is 0 Å². The Morgan fingerprint density at radius 3 is 2.46 bits per heavy atom. The number of benzene rings is 1. The first kappa shape index (κ1) is 10.0. The second kappa shape index (κ2) is 5.55. The van der Waals surface area contributed by atoms with Gasteiger partial charge in [0.2, 0.25) is 0 Å². The highest BCUT2D eigenvalue weighted by Crippen LogP contribution is 2.10. The normalized spacial score (nSPS) is 10.5. The highest BCUT2D eigenvalue weighted by atomic mass is 35.5. The fraction of sp³-hybridized carbons (Fsp3) is 0.182. The minimum absolute atomic E-state index is 0.494. The molecule has 2 heteroatoms. The van der Waals surface area contributed by atoms with E-state index in [0.29, 0.717) is 6.42 Å². The Kier molecular flexibility index (Phi) is 4.27. The number of carbonyl (C=O) groups excluding carboxylic acids is 1. The predicted molar refractivity (Wildman–Crippen MR) is 55.0 cm³/mol. The molecule has 0 amide bonds. The van der Waals surface area contributed by atoms with Gasteiger partial charge in [-0.1, -0.05) is 35.9 Å². The number of carbonyl (C=O) groups is 1. The average molecular weight is 195 g/mol. The van der Waals surface area contributed by atoms with Crippen LogP contribution < -0.4 is 0 Å². The average Bonchev–Trinajstić information content (AvgIpc) is 2.15. The van der Waals surface area contributed by atoms with Gasteiger partial charge in [-0.2, -0.15) is 0 Å². The number of aldehydes is 1. The molecule has 0 spiro atoms. The van der Waals surface area contributed by atoms with E-state index >= 15 is 0 Å². The number of halogens is 1. The van der Waals surface area contributed by atoms with Crippen LogP contribution in [-0.2, 0) is 11.2 Å². The largest absolute Gasteiger partial charge is 0.303 e. The first-order valence-electron chi connectivity index (χ1n) is 4.16. The molecule has 0 aliphatic carbocycles. The molecule has 0 aromatic heterocycles. The first-order chi connectivity index (χ1) is 6.33. The Morgan fingerprint density at radius 1 is 1.15 bits per heavy atom. The Hall–Kier alpha value is -1.08. The molecule has 0 N–H and O–H groups in total. The van der Waals surface area contributed by atoms with E-state index in [0.717, 1.165) is 17.7 Å². The molecule has 0 atom stereocenters. The second-order valence-electron chi connectivity index (χ2n) is 2.70. The SMILES string of the molecule is O=CC/C=C/Cc1ccc(Cl)cc1. The molecule has 0 radical (unpaired) electrons. The molecule has 1 nitrogen and oxygen atoms in total. The predicted octanol–water partition coefficient (Wildman–Crippen LogP) is 3.03. The molecular formula is C11H11ClO. The van der Waals surface area contributed by atoms with E-state index in [1.807, 2.05) is 36.4 Å². The Morgan fingerprint density at radius 2 is 1.85 bits per heavy atom. The molecule has 0 heterocycles. The summed E-state index contributed by atoms with van der Waals surface area (Å²) in [7, 11) is 0. The van der Waals surface area contributed by atoms with E-state index in [1.165, 1.54) is 5.56 Å². The van der Waals surface area contributed by atoms with Crippen LogP contribution in [0, 0.1) is 0 Å². The van der Waals surface area contributed by atoms with Gasteiger partial charge in [0.05, 0.1) is 0 Å². The lowest BCUT2D eigenvalue weighted by Crippen LogP contribution is -1.79. The summed E-state index contributed by atoms with van der Waals surface area (Å²) in [6.45, 7) is 0. The molecule has 0 saturated carbocycles. The van der Waals surface area contributed by atoms with Crippen LogP contribution in [0.3, 0.4) is 0 Å². The van der Waals surface area contributed by atoms with Crippen molar-refractivity contribution >= 4 is 17.9 Å². The minimum atomic E-state index is 0.494. The summed E-state index contributed by atoms with van der Waals surface area (Å²) in [6, 6.07) is 7.69. The van der Waals surface area contributed by atoms with Gasteiger partial charge in [0.15, 0.2) is 0 Å². The molecule has 0 fully saturated rings. The summed E-state index contributed by atoms with van der Waals surface area (Å²) in [5.41, 5.74) is 1.20. The van der Waals surface area contributed by atoms with Crippen LogP contribution in [0.4, 0.5) is 0 Å². The summed E-state index contributed by atoms with van der Waals surface area (Å²) in [4.78, 5) is 9.99. The van der Waals surface area contributed by atoms with Gasteiger partial charge in [0.25, 0.3) is 0 Å². The quantitative estimate of drug-likeness (QED) is 0.532. The van der Waals surface area contributed by atoms with Gasteiger partial charge in [-0.15, -0.1) is 0 Å². The van der Waals surface area contributed by atoms with Crippen LogP contribution in [-0.4, -0.2) is 6.29 Å². The Balaban J connectivity index is 2.45. The molecule has 0 saturated heterocycles. The van der Waals surface area contributed by atoms with Crippen molar-refractivity contribution in [1.29, 1.82) is 0 Å². The lowest BCUT2D eigenvalue weighted by molar-refractivity contribution is -0.107. The zero-order valence-electron chi connectivity index (χ0n) is 7.24. The van der Waals surface area contributed by atoms with Crippen LogP contribution in [0.1, 0.15) is 12.0 Å². The van der Waals surface area contributed by atoms with Gasteiger partial charge in [-0.05, 0) is 24.1 Å². The topological polar surface area (TPSA) is 17.1 Å². The second-order valence-corrected chi connectivity index (χ2v) is 3.14. The molecule has 13 heavy (non-hydrogen) atoms. The van der Waals surface area contributed by atoms with Gasteiger partial charge in [-0.25, -0.2) is 0 Å². The third-order valence-electron chi connectivity index (χ3n) is 1.67. The first-order valence-corrected chi connectivity index (χ1v) is 4.54. The zero-order valence-corrected chi connectivity index (χ0v) is 8.00. The molecule has 1 rings (SSSR count). The van der Waals surface area contributed by atoms with Crippen molar-refractivity contribution in [1.82, 2.24) is 0 Å². The van der Waals surface area contributed by atoms with Crippen molar-refractivity contribution in [2.45, 2.75) is 12.8 Å². The number of rotatable bonds is 4. The van der Waals surface area contributed by atoms with E-state index < -0.39 is 0 Å². The summed E-state index contributed by atoms with van der Waals surface area (Å²) in [5.74, 6) is 0. The summed E-state index contributed by atoms with van der Waals surface area (Å²) >= 11 is 5.73. The van der Waals surface area contributed by atoms with Crippen LogP contribution in [0.5, 0.6) is 0 Å². The maximum absolute atomic E-state index is 9.99. The molecule has 0 unspecified atom stereocenters. The van der Waals surface area contributed by atoms with E-state index in [4.69, 9.17) is 11.6 Å². The van der Waals surface area contributed by atoms with E-state index in [2.05, 4.69) is 0 Å². The van der Waals surface area contributed by atoms with Crippen molar-refractivity contribution in [2.75, 3.05) is 0 Å². The standard InChI is InChI=1S/C11H11ClO/c12-11-7-5-10(6-8-11)4-2-1-3-9-13/h1-2,5-9H,3-4H2/b2-1+. The number of allylic oxidation sites excluding steroid dienone is 2. The van der Waals surface area contributed by atoms with Crippen molar-refractivity contribution in [3.63, 3.8) is 0 Å². The molecule has 68 valence electrons. The smallest absolute Gasteiger partial charge is 0.123 e. The molecule has 0 aliphatic heterocycles. The van der Waals surface area contributed by atoms with E-state index in [-0.39, 0.29) is 0 Å². The fourth-order valence-corrected chi connectivity index (χ4v) is 1.12. The number of hydrogen-bond acceptors (Lipinski definition) is 1. The minimum Gasteiger partial charge on any atom is -0.303 e. The van der Waals surface area contributed by atoms with Crippen molar-refractivity contribution in [3.8, 4) is 0 Å². The van der Waals surface area contributed by atoms with Crippen molar-refractivity contribution in [2.24, 2.45) is 0 Å². The summed E-state index contributed by atoms with van der Waals surface area (Å²) in [6.07, 6.45) is 6.08. The van der Waals surface area contributed by atoms with Crippen LogP contribution in [0.25, 0.3) is 0 Å². The van der Waals surface area contributed by atoms with E-state index in [1.54, 1.807) is 0 Å². The highest BCUT2D eigenvalue weighted by molar-refractivity contribution is 6.30. The van der Waals surface area contributed by atoms with Gasteiger partial charge in [0, 0.05) is 11.4 Å². The molecule has 1 aromatic carbocycles. The van der Waals surface area contributed by atoms with Gasteiger partial charge >= 0.3 is 0 Å². The maximum Gasteiger partial charge on any atom is 0.123 e. The van der Waals surface area contributed by atoms with Crippen LogP contribution in [0.15, 0.2) is 36.4 Å². The Bertz CT molecular complexity index is 287. The molecule has 0 bridgehead atoms. The lowest BCUT2D eigenvalue weighted by atomic mass is 10.1. The number of hydrogen-bond donors (Lipinski definition) is 0. The third-order valence-corrected chi connectivity index (χ3v) is 1.92. The van der Waals surface area contributed by atoms with Crippen molar-refractivity contribution in [3.05, 3.63) is 47.0 Å². The monoisotopic (exact) mass is 194 g/mol. The summed E-state index contributed by atoms with van der Waals surface area (Å²) in [5, 5.41) is 0.751. The fourth-order valence-electron chi connectivity index (χ4n) is 0.992. The van der Waals surface area contributed by atoms with Crippen LogP contribution >= 0.6 is 11.6 Å². The molecule has 0 aliphatic rings. The highest BCUT2D eigenvalue weighted by Gasteiger charge is 1.88. The maximum atomic E-state index is 9.99. The van der Waals surface area contributed by atoms with Crippen molar-refractivity contribution < 1.29 is 4.79 Å². The summed E-state index contributed by atoms with van der Waals surface area (Å²) < 4.78 is 0. The van der Waals surface area contributed by atoms with Gasteiger partial charge in [0.1, 0.15) is 6.29 Å². The third kappa shape index (κ3) is 3.90. The van der Waals surface area contributed by atoms with Gasteiger partial charge < -0.3 is 4.79 Å². The zero-order chi connectivity index (χ0) is 9.52. The molecule has 1 aromatic rings. The Labute approximate surface area is 83.0 Å². The lowest BCUT2D eigenvalue weighted by Gasteiger charge is -1.95. The van der Waals surface area contributed by atoms with Crippen LogP contribution in [0.2, 0.25) is 5.02 Å².